The van der Waals surface area contributed by atoms with Gasteiger partial charge < -0.3 is 9.47 Å². The molecule has 1 aromatic heterocycles. The van der Waals surface area contributed by atoms with Crippen LogP contribution in [0.5, 0.6) is 0 Å². The fraction of sp³-hybridized carbons (Fsp3) is 0.500. The minimum atomic E-state index is -3.26. The number of nitrogens with one attached hydrogen (secondary N) is 1. The zero-order chi connectivity index (χ0) is 28.5. The molecule has 0 atom stereocenters. The van der Waals surface area contributed by atoms with Gasteiger partial charge >= 0.3 is 0 Å². The Bertz CT molecular complexity index is 1450. The molecule has 3 aromatic rings. The summed E-state index contributed by atoms with van der Waals surface area (Å²) in [6.45, 7) is 5.70. The molecule has 2 fully saturated rings. The Hall–Kier alpha value is -2.79. The van der Waals surface area contributed by atoms with Crippen molar-refractivity contribution in [2.45, 2.75) is 51.2 Å². The van der Waals surface area contributed by atoms with E-state index in [4.69, 9.17) is 5.21 Å². The zero-order valence-electron chi connectivity index (χ0n) is 23.3. The number of fused-ring (bicyclic) bond motifs is 1. The molecule has 3 heterocycles. The third kappa shape index (κ3) is 6.25. The number of hydrogen-bond acceptors (Lipinski definition) is 5. The molecule has 0 radical (unpaired) electrons. The normalized spacial score (nSPS) is 19.2. The number of benzene rings is 2. The molecule has 0 bridgehead atoms. The highest BCUT2D eigenvalue weighted by Gasteiger charge is 2.39. The van der Waals surface area contributed by atoms with Crippen LogP contribution in [0.15, 0.2) is 48.5 Å². The Balaban J connectivity index is 1.23. The van der Waals surface area contributed by atoms with Crippen molar-refractivity contribution in [3.05, 3.63) is 70.9 Å². The molecule has 0 aliphatic carbocycles. The number of likely N-dealkylation sites (tertiary alicyclic amines) is 1. The van der Waals surface area contributed by atoms with E-state index in [1.54, 1.807) is 17.6 Å². The van der Waals surface area contributed by atoms with Gasteiger partial charge in [0.05, 0.1) is 6.26 Å². The molecule has 2 N–H and O–H groups in total. The fourth-order valence-corrected chi connectivity index (χ4v) is 7.21. The van der Waals surface area contributed by atoms with E-state index in [0.717, 1.165) is 44.5 Å². The standard InChI is InChI=1S/C30H39FN4O4S/c1-22-27(19-23-7-9-25(10-8-23)29(36)32-37)26-5-3-4-6-28(26)35(22)20-24-11-15-33(16-12-24)21-30(31)13-17-34(18-14-30)40(2,38)39/h3-10,24,37H,11-21H2,1-2H3,(H,32,36). The smallest absolute Gasteiger partial charge is 0.274 e. The summed E-state index contributed by atoms with van der Waals surface area (Å²) < 4.78 is 42.9. The number of carbonyl (C=O) groups excluding carboxylic acids is 1. The number of nitrogens with zero attached hydrogens (tertiary/aromatic N) is 3. The average Bonchev–Trinajstić information content (AvgIpc) is 3.19. The lowest BCUT2D eigenvalue weighted by Crippen LogP contribution is -2.50. The van der Waals surface area contributed by atoms with Gasteiger partial charge in [0.1, 0.15) is 5.67 Å². The topological polar surface area (TPSA) is 94.9 Å². The van der Waals surface area contributed by atoms with E-state index >= 15 is 4.39 Å². The molecular weight excluding hydrogens is 531 g/mol. The predicted octanol–water partition coefficient (Wildman–Crippen LogP) is 4.14. The Morgan fingerprint density at radius 3 is 2.33 bits per heavy atom. The van der Waals surface area contributed by atoms with E-state index in [9.17, 15) is 13.2 Å². The maximum atomic E-state index is 15.6. The van der Waals surface area contributed by atoms with Crippen LogP contribution >= 0.6 is 0 Å². The van der Waals surface area contributed by atoms with Crippen LogP contribution in [-0.2, 0) is 23.0 Å². The summed E-state index contributed by atoms with van der Waals surface area (Å²) in [6, 6.07) is 15.8. The first kappa shape index (κ1) is 28.7. The van der Waals surface area contributed by atoms with E-state index in [0.29, 0.717) is 18.0 Å². The average molecular weight is 571 g/mol. The highest BCUT2D eigenvalue weighted by molar-refractivity contribution is 7.88. The highest BCUT2D eigenvalue weighted by Crippen LogP contribution is 2.33. The molecule has 0 saturated carbocycles. The van der Waals surface area contributed by atoms with Crippen molar-refractivity contribution >= 4 is 26.8 Å². The summed E-state index contributed by atoms with van der Waals surface area (Å²) in [6.07, 6.45) is 4.46. The van der Waals surface area contributed by atoms with Gasteiger partial charge in [0.25, 0.3) is 5.91 Å². The third-order valence-electron chi connectivity index (χ3n) is 8.80. The molecular formula is C30H39FN4O4S. The van der Waals surface area contributed by atoms with Crippen molar-refractivity contribution in [3.8, 4) is 0 Å². The van der Waals surface area contributed by atoms with E-state index in [2.05, 4.69) is 40.7 Å². The largest absolute Gasteiger partial charge is 0.344 e. The van der Waals surface area contributed by atoms with E-state index in [-0.39, 0.29) is 25.9 Å². The van der Waals surface area contributed by atoms with Crippen molar-refractivity contribution in [3.63, 3.8) is 0 Å². The summed E-state index contributed by atoms with van der Waals surface area (Å²) in [5, 5.41) is 10.1. The second kappa shape index (κ2) is 11.6. The SMILES string of the molecule is Cc1c(Cc2ccc(C(=O)NO)cc2)c2ccccc2n1CC1CCN(CC2(F)CCN(S(C)(=O)=O)CC2)CC1. The van der Waals surface area contributed by atoms with Gasteiger partial charge in [0.15, 0.2) is 0 Å². The monoisotopic (exact) mass is 570 g/mol. The Kier molecular flexibility index (Phi) is 8.33. The summed E-state index contributed by atoms with van der Waals surface area (Å²) >= 11 is 0. The minimum Gasteiger partial charge on any atom is -0.344 e. The lowest BCUT2D eigenvalue weighted by atomic mass is 9.91. The molecule has 216 valence electrons. The van der Waals surface area contributed by atoms with Crippen LogP contribution in [0.25, 0.3) is 10.9 Å². The van der Waals surface area contributed by atoms with Gasteiger partial charge in [-0.2, -0.15) is 0 Å². The van der Waals surface area contributed by atoms with Crippen molar-refractivity contribution in [2.24, 2.45) is 5.92 Å². The lowest BCUT2D eigenvalue weighted by molar-refractivity contribution is 0.0308. The summed E-state index contributed by atoms with van der Waals surface area (Å²) in [5.74, 6) is -0.0260. The van der Waals surface area contributed by atoms with Crippen molar-refractivity contribution < 1.29 is 22.8 Å². The predicted molar refractivity (Wildman–Crippen MR) is 154 cm³/mol. The van der Waals surface area contributed by atoms with Gasteiger partial charge in [0.2, 0.25) is 10.0 Å². The molecule has 0 unspecified atom stereocenters. The van der Waals surface area contributed by atoms with Crippen molar-refractivity contribution in [2.75, 3.05) is 39.0 Å². The van der Waals surface area contributed by atoms with Crippen LogP contribution in [0, 0.1) is 12.8 Å². The number of piperidine rings is 2. The molecule has 2 saturated heterocycles. The molecule has 1 amide bonds. The second-order valence-electron chi connectivity index (χ2n) is 11.5. The molecule has 2 aliphatic heterocycles. The molecule has 2 aromatic carbocycles. The highest BCUT2D eigenvalue weighted by atomic mass is 32.2. The number of hydrogen-bond donors (Lipinski definition) is 2. The van der Waals surface area contributed by atoms with Gasteiger partial charge in [0, 0.05) is 48.3 Å². The minimum absolute atomic E-state index is 0.259. The van der Waals surface area contributed by atoms with Crippen LogP contribution in [0.2, 0.25) is 0 Å². The van der Waals surface area contributed by atoms with Gasteiger partial charge in [-0.15, -0.1) is 0 Å². The Morgan fingerprint density at radius 1 is 1.05 bits per heavy atom. The number of rotatable bonds is 8. The quantitative estimate of drug-likeness (QED) is 0.314. The summed E-state index contributed by atoms with van der Waals surface area (Å²) in [7, 11) is -3.26. The van der Waals surface area contributed by atoms with Crippen LogP contribution in [-0.4, -0.2) is 78.0 Å². The van der Waals surface area contributed by atoms with Crippen LogP contribution < -0.4 is 5.48 Å². The Labute approximate surface area is 235 Å². The molecule has 5 rings (SSSR count). The number of hydroxylamine groups is 1. The van der Waals surface area contributed by atoms with Crippen LogP contribution in [0.1, 0.15) is 52.9 Å². The van der Waals surface area contributed by atoms with Gasteiger partial charge in [-0.1, -0.05) is 30.3 Å². The van der Waals surface area contributed by atoms with Gasteiger partial charge in [-0.3, -0.25) is 10.0 Å². The number of amides is 1. The van der Waals surface area contributed by atoms with E-state index < -0.39 is 21.6 Å². The zero-order valence-corrected chi connectivity index (χ0v) is 24.1. The van der Waals surface area contributed by atoms with Gasteiger partial charge in [-0.25, -0.2) is 22.6 Å². The van der Waals surface area contributed by atoms with E-state index in [1.165, 1.54) is 32.7 Å². The number of halogens is 1. The first-order chi connectivity index (χ1) is 19.1. The number of alkyl halides is 1. The molecule has 0 spiro atoms. The lowest BCUT2D eigenvalue weighted by Gasteiger charge is -2.40. The van der Waals surface area contributed by atoms with E-state index in [1.807, 2.05) is 12.1 Å². The summed E-state index contributed by atoms with van der Waals surface area (Å²) in [5.41, 5.74) is 5.58. The van der Waals surface area contributed by atoms with Crippen LogP contribution in [0.4, 0.5) is 4.39 Å². The molecule has 8 nitrogen and oxygen atoms in total. The number of carbonyl (C=O) groups is 1. The first-order valence-corrected chi connectivity index (χ1v) is 15.9. The molecule has 2 aliphatic rings. The number of aromatic nitrogens is 1. The first-order valence-electron chi connectivity index (χ1n) is 14.0. The molecule has 10 heteroatoms. The van der Waals surface area contributed by atoms with Crippen LogP contribution in [0.3, 0.4) is 0 Å². The van der Waals surface area contributed by atoms with Crippen molar-refractivity contribution in [1.29, 1.82) is 0 Å². The number of para-hydroxylation sites is 1. The maximum Gasteiger partial charge on any atom is 0.274 e. The van der Waals surface area contributed by atoms with Crippen molar-refractivity contribution in [1.82, 2.24) is 19.3 Å². The van der Waals surface area contributed by atoms with Gasteiger partial charge in [-0.05, 0) is 87.4 Å². The second-order valence-corrected chi connectivity index (χ2v) is 13.5. The third-order valence-corrected chi connectivity index (χ3v) is 10.1. The summed E-state index contributed by atoms with van der Waals surface area (Å²) in [4.78, 5) is 13.9. The number of sulfonamides is 1. The maximum absolute atomic E-state index is 15.6. The molecule has 40 heavy (non-hydrogen) atoms. The fourth-order valence-electron chi connectivity index (χ4n) is 6.37. The Morgan fingerprint density at radius 2 is 1.70 bits per heavy atom.